The molecule has 0 saturated heterocycles. The zero-order valence-corrected chi connectivity index (χ0v) is 14.5. The van der Waals surface area contributed by atoms with Crippen molar-refractivity contribution in [2.45, 2.75) is 25.7 Å². The van der Waals surface area contributed by atoms with E-state index in [-0.39, 0.29) is 5.75 Å². The summed E-state index contributed by atoms with van der Waals surface area (Å²) in [7, 11) is -3.31. The van der Waals surface area contributed by atoms with Gasteiger partial charge in [-0.25, -0.2) is 17.2 Å². The number of benzene rings is 1. The van der Waals surface area contributed by atoms with E-state index in [1.165, 1.54) is 6.07 Å². The molecule has 0 saturated carbocycles. The van der Waals surface area contributed by atoms with E-state index in [0.717, 1.165) is 18.0 Å². The Kier molecular flexibility index (Phi) is 4.90. The molecule has 1 aromatic carbocycles. The maximum atomic E-state index is 13.3. The van der Waals surface area contributed by atoms with Gasteiger partial charge in [0, 0.05) is 25.9 Å². The van der Waals surface area contributed by atoms with Gasteiger partial charge in [0.25, 0.3) is 0 Å². The summed E-state index contributed by atoms with van der Waals surface area (Å²) in [5, 5.41) is 14.3. The third-order valence-corrected chi connectivity index (χ3v) is 5.01. The van der Waals surface area contributed by atoms with Gasteiger partial charge in [-0.15, -0.1) is 0 Å². The SMILES string of the molecule is CS(=O)(=O)CC(O)c1cc2n(n1)CCN(Cc1ccc(F)c(F)c1)C2. The van der Waals surface area contributed by atoms with Crippen molar-refractivity contribution in [2.75, 3.05) is 18.6 Å². The van der Waals surface area contributed by atoms with Crippen molar-refractivity contribution < 1.29 is 22.3 Å². The second kappa shape index (κ2) is 6.81. The molecule has 9 heteroatoms. The Morgan fingerprint density at radius 2 is 2.00 bits per heavy atom. The highest BCUT2D eigenvalue weighted by Crippen LogP contribution is 2.21. The molecule has 0 radical (unpaired) electrons. The highest BCUT2D eigenvalue weighted by molar-refractivity contribution is 7.90. The Labute approximate surface area is 144 Å². The van der Waals surface area contributed by atoms with Crippen LogP contribution in [0.25, 0.3) is 0 Å². The van der Waals surface area contributed by atoms with Crippen LogP contribution in [-0.2, 0) is 29.5 Å². The third kappa shape index (κ3) is 4.42. The number of hydrogen-bond acceptors (Lipinski definition) is 5. The molecule has 0 bridgehead atoms. The van der Waals surface area contributed by atoms with Gasteiger partial charge in [-0.05, 0) is 23.8 Å². The molecule has 1 unspecified atom stereocenters. The maximum Gasteiger partial charge on any atom is 0.159 e. The first-order valence-corrected chi connectivity index (χ1v) is 9.86. The minimum Gasteiger partial charge on any atom is -0.386 e. The van der Waals surface area contributed by atoms with Crippen LogP contribution < -0.4 is 0 Å². The summed E-state index contributed by atoms with van der Waals surface area (Å²) in [5.74, 6) is -2.11. The topological polar surface area (TPSA) is 75.4 Å². The minimum atomic E-state index is -3.31. The largest absolute Gasteiger partial charge is 0.386 e. The van der Waals surface area contributed by atoms with E-state index in [1.807, 2.05) is 0 Å². The molecule has 2 aromatic rings. The van der Waals surface area contributed by atoms with E-state index in [4.69, 9.17) is 0 Å². The molecule has 0 aliphatic carbocycles. The second-order valence-electron chi connectivity index (χ2n) is 6.35. The number of aliphatic hydroxyl groups is 1. The number of nitrogens with zero attached hydrogens (tertiary/aromatic N) is 3. The molecule has 6 nitrogen and oxygen atoms in total. The Balaban J connectivity index is 1.70. The van der Waals surface area contributed by atoms with Gasteiger partial charge in [0.15, 0.2) is 11.6 Å². The molecule has 3 rings (SSSR count). The van der Waals surface area contributed by atoms with Crippen LogP contribution in [0.3, 0.4) is 0 Å². The van der Waals surface area contributed by atoms with Crippen LogP contribution in [-0.4, -0.2) is 46.8 Å². The van der Waals surface area contributed by atoms with E-state index in [0.29, 0.717) is 37.4 Å². The van der Waals surface area contributed by atoms with Crippen LogP contribution >= 0.6 is 0 Å². The molecule has 1 N–H and O–H groups in total. The zero-order chi connectivity index (χ0) is 18.2. The average molecular weight is 371 g/mol. The zero-order valence-electron chi connectivity index (χ0n) is 13.7. The summed E-state index contributed by atoms with van der Waals surface area (Å²) in [4.78, 5) is 2.05. The normalized spacial score (nSPS) is 16.6. The van der Waals surface area contributed by atoms with Crippen LogP contribution in [0.1, 0.15) is 23.1 Å². The Morgan fingerprint density at radius 1 is 1.24 bits per heavy atom. The first-order chi connectivity index (χ1) is 11.7. The van der Waals surface area contributed by atoms with Gasteiger partial charge in [0.1, 0.15) is 15.9 Å². The predicted octanol–water partition coefficient (Wildman–Crippen LogP) is 1.26. The van der Waals surface area contributed by atoms with Crippen LogP contribution in [0.5, 0.6) is 0 Å². The number of hydrogen-bond donors (Lipinski definition) is 1. The molecule has 0 amide bonds. The van der Waals surface area contributed by atoms with Crippen molar-refractivity contribution in [1.82, 2.24) is 14.7 Å². The monoisotopic (exact) mass is 371 g/mol. The lowest BCUT2D eigenvalue weighted by Crippen LogP contribution is -2.33. The molecule has 0 spiro atoms. The van der Waals surface area contributed by atoms with Crippen molar-refractivity contribution >= 4 is 9.84 Å². The second-order valence-corrected chi connectivity index (χ2v) is 8.54. The summed E-state index contributed by atoms with van der Waals surface area (Å²) >= 11 is 0. The average Bonchev–Trinajstić information content (AvgIpc) is 2.93. The lowest BCUT2D eigenvalue weighted by molar-refractivity contribution is 0.191. The number of aromatic nitrogens is 2. The molecule has 25 heavy (non-hydrogen) atoms. The molecule has 1 aromatic heterocycles. The van der Waals surface area contributed by atoms with Crippen LogP contribution in [0.15, 0.2) is 24.3 Å². The quantitative estimate of drug-likeness (QED) is 0.856. The fourth-order valence-corrected chi connectivity index (χ4v) is 3.65. The fraction of sp³-hybridized carbons (Fsp3) is 0.438. The standard InChI is InChI=1S/C16H19F2N3O3S/c1-25(23,24)10-16(22)15-7-12-9-20(4-5-21(12)19-15)8-11-2-3-13(17)14(18)6-11/h2-3,6-7,16,22H,4-5,8-10H2,1H3. The number of aliphatic hydroxyl groups excluding tert-OH is 1. The van der Waals surface area contributed by atoms with Gasteiger partial charge in [-0.2, -0.15) is 5.10 Å². The van der Waals surface area contributed by atoms with Gasteiger partial charge >= 0.3 is 0 Å². The van der Waals surface area contributed by atoms with Crippen molar-refractivity contribution in [1.29, 1.82) is 0 Å². The smallest absolute Gasteiger partial charge is 0.159 e. The number of rotatable bonds is 5. The molecule has 1 aliphatic heterocycles. The van der Waals surface area contributed by atoms with E-state index >= 15 is 0 Å². The first kappa shape index (κ1) is 18.0. The van der Waals surface area contributed by atoms with Gasteiger partial charge < -0.3 is 5.11 Å². The number of sulfone groups is 1. The van der Waals surface area contributed by atoms with E-state index in [9.17, 15) is 22.3 Å². The van der Waals surface area contributed by atoms with Gasteiger partial charge in [0.2, 0.25) is 0 Å². The number of halogens is 2. The summed E-state index contributed by atoms with van der Waals surface area (Å²) in [5.41, 5.74) is 1.84. The maximum absolute atomic E-state index is 13.3. The van der Waals surface area contributed by atoms with Crippen molar-refractivity contribution in [2.24, 2.45) is 0 Å². The summed E-state index contributed by atoms with van der Waals surface area (Å²) in [6.45, 7) is 2.22. The molecule has 2 heterocycles. The van der Waals surface area contributed by atoms with Gasteiger partial charge in [-0.1, -0.05) is 6.07 Å². The Bertz CT molecular complexity index is 883. The van der Waals surface area contributed by atoms with Crippen molar-refractivity contribution in [3.05, 3.63) is 52.9 Å². The highest BCUT2D eigenvalue weighted by Gasteiger charge is 2.23. The first-order valence-electron chi connectivity index (χ1n) is 7.80. The van der Waals surface area contributed by atoms with E-state index < -0.39 is 27.6 Å². The van der Waals surface area contributed by atoms with Gasteiger partial charge in [0.05, 0.1) is 23.7 Å². The molecule has 136 valence electrons. The summed E-state index contributed by atoms with van der Waals surface area (Å²) in [6.07, 6.45) is -0.0942. The van der Waals surface area contributed by atoms with Crippen molar-refractivity contribution in [3.8, 4) is 0 Å². The third-order valence-electron chi connectivity index (χ3n) is 4.09. The predicted molar refractivity (Wildman–Crippen MR) is 87.4 cm³/mol. The Morgan fingerprint density at radius 3 is 2.68 bits per heavy atom. The Hall–Kier alpha value is -1.84. The molecule has 0 fully saturated rings. The van der Waals surface area contributed by atoms with E-state index in [1.54, 1.807) is 16.8 Å². The van der Waals surface area contributed by atoms with Crippen LogP contribution in [0.2, 0.25) is 0 Å². The lowest BCUT2D eigenvalue weighted by atomic mass is 10.1. The molecule has 1 atom stereocenters. The van der Waals surface area contributed by atoms with Crippen molar-refractivity contribution in [3.63, 3.8) is 0 Å². The molecular weight excluding hydrogens is 352 g/mol. The van der Waals surface area contributed by atoms with Crippen LogP contribution in [0, 0.1) is 11.6 Å². The minimum absolute atomic E-state index is 0.329. The molecular formula is C16H19F2N3O3S. The molecule has 1 aliphatic rings. The van der Waals surface area contributed by atoms with Crippen LogP contribution in [0.4, 0.5) is 8.78 Å². The highest BCUT2D eigenvalue weighted by atomic mass is 32.2. The van der Waals surface area contributed by atoms with E-state index in [2.05, 4.69) is 10.00 Å². The van der Waals surface area contributed by atoms with Gasteiger partial charge in [-0.3, -0.25) is 9.58 Å². The summed E-state index contributed by atoms with van der Waals surface area (Å²) < 4.78 is 50.7. The summed E-state index contributed by atoms with van der Waals surface area (Å²) in [6, 6.07) is 5.53. The fourth-order valence-electron chi connectivity index (χ4n) is 2.91. The number of fused-ring (bicyclic) bond motifs is 1. The lowest BCUT2D eigenvalue weighted by Gasteiger charge is -2.27.